The molecule has 0 amide bonds. The minimum atomic E-state index is -0.512. The fourth-order valence-electron chi connectivity index (χ4n) is 2.05. The van der Waals surface area contributed by atoms with Gasteiger partial charge in [0, 0.05) is 17.0 Å². The topological polar surface area (TPSA) is 68.1 Å². The number of benzene rings is 1. The zero-order valence-corrected chi connectivity index (χ0v) is 14.6. The van der Waals surface area contributed by atoms with Gasteiger partial charge in [0.2, 0.25) is 0 Å². The maximum atomic E-state index is 13.7. The van der Waals surface area contributed by atoms with Gasteiger partial charge in [-0.1, -0.05) is 0 Å². The minimum absolute atomic E-state index is 0.133. The van der Waals surface area contributed by atoms with Gasteiger partial charge in [-0.25, -0.2) is 9.37 Å². The first-order chi connectivity index (χ1) is 9.79. The molecular weight excluding hydrogens is 408 g/mol. The molecule has 0 radical (unpaired) electrons. The number of nitrogens with zero attached hydrogens (tertiary/aromatic N) is 2. The third kappa shape index (κ3) is 3.49. The Kier molecular flexibility index (Phi) is 4.77. The number of nitrogens with one attached hydrogen (secondary N) is 1. The van der Waals surface area contributed by atoms with Gasteiger partial charge < -0.3 is 5.32 Å². The monoisotopic (exact) mass is 421 g/mol. The molecule has 1 N–H and O–H groups in total. The maximum Gasteiger partial charge on any atom is 0.293 e. The van der Waals surface area contributed by atoms with Gasteiger partial charge in [-0.2, -0.15) is 0 Å². The van der Waals surface area contributed by atoms with Crippen molar-refractivity contribution in [3.05, 3.63) is 47.2 Å². The van der Waals surface area contributed by atoms with Crippen LogP contribution in [0.3, 0.4) is 0 Å². The van der Waals surface area contributed by atoms with Gasteiger partial charge in [0.05, 0.1) is 25.2 Å². The number of hydrogen-bond donors (Lipinski definition) is 1. The highest BCUT2D eigenvalue weighted by molar-refractivity contribution is 14.1. The van der Waals surface area contributed by atoms with Crippen molar-refractivity contribution in [3.8, 4) is 0 Å². The number of anilines is 1. The fraction of sp³-hybridized carbons (Fsp3) is 0.308. The van der Waals surface area contributed by atoms with Crippen LogP contribution in [0, 0.1) is 33.3 Å². The lowest BCUT2D eigenvalue weighted by atomic mass is 10.2. The van der Waals surface area contributed by atoms with Gasteiger partial charge in [-0.05, 0) is 43.4 Å². The van der Waals surface area contributed by atoms with Crippen LogP contribution >= 0.6 is 33.9 Å². The zero-order valence-electron chi connectivity index (χ0n) is 11.6. The van der Waals surface area contributed by atoms with Gasteiger partial charge in [-0.15, -0.1) is 11.3 Å². The number of aryl methyl sites for hydroxylation is 2. The highest BCUT2D eigenvalue weighted by atomic mass is 127. The van der Waals surface area contributed by atoms with Crippen LogP contribution in [0.4, 0.5) is 15.8 Å². The molecule has 1 aromatic heterocycles. The first-order valence-electron chi connectivity index (χ1n) is 6.13. The van der Waals surface area contributed by atoms with E-state index in [9.17, 15) is 14.5 Å². The number of nitro groups is 1. The molecule has 1 unspecified atom stereocenters. The number of thiazole rings is 1. The lowest BCUT2D eigenvalue weighted by Crippen LogP contribution is -2.09. The summed E-state index contributed by atoms with van der Waals surface area (Å²) in [6, 6.07) is 2.21. The van der Waals surface area contributed by atoms with Crippen LogP contribution in [0.15, 0.2) is 12.1 Å². The molecule has 0 spiro atoms. The van der Waals surface area contributed by atoms with E-state index in [1.54, 1.807) is 22.6 Å². The molecule has 0 aliphatic rings. The second-order valence-electron chi connectivity index (χ2n) is 4.59. The summed E-state index contributed by atoms with van der Waals surface area (Å²) >= 11 is 3.26. The van der Waals surface area contributed by atoms with Crippen LogP contribution in [0.5, 0.6) is 0 Å². The lowest BCUT2D eigenvalue weighted by Gasteiger charge is -2.15. The van der Waals surface area contributed by atoms with E-state index in [1.807, 2.05) is 20.8 Å². The standard InChI is InChI=1S/C13H13FIN3O2S/c1-6-13(21-8(3)16-6)7(2)17-11-4-9(14)10(15)5-12(11)18(19)20/h4-5,7,17H,1-3H3. The summed E-state index contributed by atoms with van der Waals surface area (Å²) in [6.45, 7) is 5.67. The third-order valence-electron chi connectivity index (χ3n) is 2.94. The van der Waals surface area contributed by atoms with Crippen LogP contribution in [0.25, 0.3) is 0 Å². The Labute approximate surface area is 138 Å². The largest absolute Gasteiger partial charge is 0.372 e. The smallest absolute Gasteiger partial charge is 0.293 e. The summed E-state index contributed by atoms with van der Waals surface area (Å²) in [7, 11) is 0. The summed E-state index contributed by atoms with van der Waals surface area (Å²) in [5.41, 5.74) is 0.925. The Balaban J connectivity index is 2.36. The predicted molar refractivity (Wildman–Crippen MR) is 89.4 cm³/mol. The second kappa shape index (κ2) is 6.22. The minimum Gasteiger partial charge on any atom is -0.372 e. The van der Waals surface area contributed by atoms with Crippen molar-refractivity contribution in [1.29, 1.82) is 0 Å². The van der Waals surface area contributed by atoms with E-state index in [1.165, 1.54) is 23.5 Å². The Bertz CT molecular complexity index is 705. The molecule has 21 heavy (non-hydrogen) atoms. The number of halogens is 2. The Morgan fingerprint density at radius 3 is 2.67 bits per heavy atom. The molecule has 0 saturated carbocycles. The molecular formula is C13H13FIN3O2S. The van der Waals surface area contributed by atoms with Crippen molar-refractivity contribution in [1.82, 2.24) is 4.98 Å². The molecule has 5 nitrogen and oxygen atoms in total. The van der Waals surface area contributed by atoms with E-state index in [0.29, 0.717) is 0 Å². The van der Waals surface area contributed by atoms with Gasteiger partial charge in [-0.3, -0.25) is 10.1 Å². The summed E-state index contributed by atoms with van der Waals surface area (Å²) in [4.78, 5) is 15.9. The van der Waals surface area contributed by atoms with Crippen LogP contribution < -0.4 is 5.32 Å². The second-order valence-corrected chi connectivity index (χ2v) is 6.99. The van der Waals surface area contributed by atoms with E-state index in [2.05, 4.69) is 10.3 Å². The summed E-state index contributed by atoms with van der Waals surface area (Å²) in [6.07, 6.45) is 0. The van der Waals surface area contributed by atoms with Gasteiger partial charge in [0.15, 0.2) is 0 Å². The molecule has 2 rings (SSSR count). The van der Waals surface area contributed by atoms with Crippen molar-refractivity contribution in [2.24, 2.45) is 0 Å². The van der Waals surface area contributed by atoms with Crippen LogP contribution in [0.1, 0.15) is 28.5 Å². The average molecular weight is 421 g/mol. The van der Waals surface area contributed by atoms with Crippen molar-refractivity contribution in [3.63, 3.8) is 0 Å². The Morgan fingerprint density at radius 1 is 1.48 bits per heavy atom. The molecule has 0 bridgehead atoms. The highest BCUT2D eigenvalue weighted by Crippen LogP contribution is 2.33. The Morgan fingerprint density at radius 2 is 2.14 bits per heavy atom. The Hall–Kier alpha value is -1.29. The first kappa shape index (κ1) is 16.1. The highest BCUT2D eigenvalue weighted by Gasteiger charge is 2.21. The van der Waals surface area contributed by atoms with E-state index < -0.39 is 10.7 Å². The number of aromatic nitrogens is 1. The molecule has 1 aromatic carbocycles. The van der Waals surface area contributed by atoms with Gasteiger partial charge >= 0.3 is 0 Å². The van der Waals surface area contributed by atoms with E-state index in [0.717, 1.165) is 15.6 Å². The molecule has 0 saturated heterocycles. The summed E-state index contributed by atoms with van der Waals surface area (Å²) in [5.74, 6) is -0.479. The van der Waals surface area contributed by atoms with Crippen LogP contribution in [0.2, 0.25) is 0 Å². The van der Waals surface area contributed by atoms with Gasteiger partial charge in [0.25, 0.3) is 5.69 Å². The van der Waals surface area contributed by atoms with E-state index in [-0.39, 0.29) is 21.0 Å². The molecule has 8 heteroatoms. The molecule has 0 aliphatic heterocycles. The fourth-order valence-corrected chi connectivity index (χ4v) is 3.43. The van der Waals surface area contributed by atoms with Crippen molar-refractivity contribution in [2.75, 3.05) is 5.32 Å². The van der Waals surface area contributed by atoms with Crippen LogP contribution in [-0.4, -0.2) is 9.91 Å². The van der Waals surface area contributed by atoms with Crippen molar-refractivity contribution in [2.45, 2.75) is 26.8 Å². The average Bonchev–Trinajstić information content (AvgIpc) is 2.72. The molecule has 1 atom stereocenters. The van der Waals surface area contributed by atoms with Crippen LogP contribution in [-0.2, 0) is 0 Å². The van der Waals surface area contributed by atoms with E-state index >= 15 is 0 Å². The third-order valence-corrected chi connectivity index (χ3v) is 5.02. The molecule has 2 aromatic rings. The first-order valence-corrected chi connectivity index (χ1v) is 8.03. The molecule has 0 aliphatic carbocycles. The molecule has 0 fully saturated rings. The summed E-state index contributed by atoms with van der Waals surface area (Å²) < 4.78 is 13.9. The van der Waals surface area contributed by atoms with Gasteiger partial charge in [0.1, 0.15) is 11.5 Å². The number of hydrogen-bond acceptors (Lipinski definition) is 5. The SMILES string of the molecule is Cc1nc(C)c(C(C)Nc2cc(F)c(I)cc2[N+](=O)[O-])s1. The number of nitro benzene ring substituents is 1. The van der Waals surface area contributed by atoms with Crippen molar-refractivity contribution >= 4 is 45.3 Å². The lowest BCUT2D eigenvalue weighted by molar-refractivity contribution is -0.384. The maximum absolute atomic E-state index is 13.7. The molecule has 112 valence electrons. The number of rotatable bonds is 4. The van der Waals surface area contributed by atoms with Crippen molar-refractivity contribution < 1.29 is 9.31 Å². The summed E-state index contributed by atoms with van der Waals surface area (Å²) in [5, 5.41) is 15.1. The normalized spacial score (nSPS) is 12.2. The quantitative estimate of drug-likeness (QED) is 0.446. The molecule has 1 heterocycles. The van der Waals surface area contributed by atoms with E-state index in [4.69, 9.17) is 0 Å². The zero-order chi connectivity index (χ0) is 15.7. The predicted octanol–water partition coefficient (Wildman–Crippen LogP) is 4.58.